The first-order chi connectivity index (χ1) is 13.0. The number of amides is 1. The minimum Gasteiger partial charge on any atom is -0.469 e. The van der Waals surface area contributed by atoms with E-state index in [0.717, 1.165) is 33.6 Å². The predicted octanol–water partition coefficient (Wildman–Crippen LogP) is 4.03. The number of hydrogen-bond acceptors (Lipinski definition) is 5. The van der Waals surface area contributed by atoms with Crippen LogP contribution in [0.4, 0.5) is 0 Å². The van der Waals surface area contributed by atoms with Gasteiger partial charge < -0.3 is 9.32 Å². The smallest absolute Gasteiger partial charge is 0.253 e. The van der Waals surface area contributed by atoms with Gasteiger partial charge in [0.2, 0.25) is 0 Å². The van der Waals surface area contributed by atoms with Gasteiger partial charge in [-0.3, -0.25) is 9.36 Å². The summed E-state index contributed by atoms with van der Waals surface area (Å²) < 4.78 is 7.42. The van der Waals surface area contributed by atoms with Crippen LogP contribution in [0.1, 0.15) is 21.7 Å². The topological polar surface area (TPSA) is 64.2 Å². The van der Waals surface area contributed by atoms with E-state index in [1.165, 1.54) is 0 Å². The molecule has 0 unspecified atom stereocenters. The van der Waals surface area contributed by atoms with Gasteiger partial charge in [-0.2, -0.15) is 0 Å². The van der Waals surface area contributed by atoms with Crippen molar-refractivity contribution in [2.75, 3.05) is 14.1 Å². The number of furan rings is 1. The maximum atomic E-state index is 12.0. The van der Waals surface area contributed by atoms with E-state index in [4.69, 9.17) is 4.42 Å². The molecule has 0 saturated heterocycles. The Morgan fingerprint density at radius 1 is 1.26 bits per heavy atom. The molecule has 0 saturated carbocycles. The second-order valence-corrected chi connectivity index (χ2v) is 7.22. The Morgan fingerprint density at radius 2 is 2.00 bits per heavy atom. The summed E-state index contributed by atoms with van der Waals surface area (Å²) in [5.74, 6) is 2.32. The number of nitrogens with zero attached hydrogens (tertiary/aromatic N) is 4. The van der Waals surface area contributed by atoms with Crippen molar-refractivity contribution < 1.29 is 9.21 Å². The zero-order chi connectivity index (χ0) is 19.4. The number of benzene rings is 1. The summed E-state index contributed by atoms with van der Waals surface area (Å²) in [6.07, 6.45) is 3.48. The van der Waals surface area contributed by atoms with Gasteiger partial charge in [0.1, 0.15) is 5.76 Å². The van der Waals surface area contributed by atoms with E-state index in [2.05, 4.69) is 16.8 Å². The van der Waals surface area contributed by atoms with Crippen LogP contribution in [0.2, 0.25) is 0 Å². The van der Waals surface area contributed by atoms with Crippen LogP contribution in [0.3, 0.4) is 0 Å². The molecule has 3 aromatic rings. The van der Waals surface area contributed by atoms with Gasteiger partial charge in [-0.05, 0) is 30.7 Å². The van der Waals surface area contributed by atoms with Crippen LogP contribution in [0.5, 0.6) is 0 Å². The quantitative estimate of drug-likeness (QED) is 0.456. The normalized spacial score (nSPS) is 10.8. The molecular weight excluding hydrogens is 360 g/mol. The van der Waals surface area contributed by atoms with E-state index in [1.807, 2.05) is 47.9 Å². The highest BCUT2D eigenvalue weighted by Crippen LogP contribution is 2.28. The lowest BCUT2D eigenvalue weighted by Crippen LogP contribution is -2.21. The van der Waals surface area contributed by atoms with E-state index in [0.29, 0.717) is 12.1 Å². The SMILES string of the molecule is C=CCn1c(SCc2ccc(C(=O)N(C)C)cc2)nnc1-c1ccoc1C. The van der Waals surface area contributed by atoms with Crippen molar-refractivity contribution in [2.24, 2.45) is 0 Å². The van der Waals surface area contributed by atoms with Crippen molar-refractivity contribution in [3.63, 3.8) is 0 Å². The number of carbonyl (C=O) groups is 1. The monoisotopic (exact) mass is 382 g/mol. The molecule has 3 rings (SSSR count). The molecule has 0 radical (unpaired) electrons. The van der Waals surface area contributed by atoms with Crippen LogP contribution in [0, 0.1) is 6.92 Å². The van der Waals surface area contributed by atoms with Gasteiger partial charge in [0.25, 0.3) is 5.91 Å². The molecule has 0 atom stereocenters. The molecular formula is C20H22N4O2S. The Labute approximate surface area is 162 Å². The molecule has 0 aliphatic heterocycles. The lowest BCUT2D eigenvalue weighted by atomic mass is 10.1. The van der Waals surface area contributed by atoms with Gasteiger partial charge in [-0.25, -0.2) is 0 Å². The van der Waals surface area contributed by atoms with Crippen molar-refractivity contribution in [3.05, 3.63) is 66.1 Å². The molecule has 0 spiro atoms. The standard InChI is InChI=1S/C20H22N4O2S/c1-5-11-24-18(17-10-12-26-14(17)2)21-22-20(24)27-13-15-6-8-16(9-7-15)19(25)23(3)4/h5-10,12H,1,11,13H2,2-4H3. The zero-order valence-corrected chi connectivity index (χ0v) is 16.5. The number of aryl methyl sites for hydroxylation is 1. The van der Waals surface area contributed by atoms with E-state index in [9.17, 15) is 4.79 Å². The summed E-state index contributed by atoms with van der Waals surface area (Å²) in [4.78, 5) is 13.5. The van der Waals surface area contributed by atoms with Crippen LogP contribution >= 0.6 is 11.8 Å². The third kappa shape index (κ3) is 4.14. The summed E-state index contributed by atoms with van der Waals surface area (Å²) in [6.45, 7) is 6.36. The first-order valence-electron chi connectivity index (χ1n) is 8.53. The first kappa shape index (κ1) is 19.0. The molecule has 140 valence electrons. The van der Waals surface area contributed by atoms with Gasteiger partial charge in [0.15, 0.2) is 11.0 Å². The molecule has 1 amide bonds. The highest BCUT2D eigenvalue weighted by atomic mass is 32.2. The molecule has 27 heavy (non-hydrogen) atoms. The Balaban J connectivity index is 1.76. The fourth-order valence-electron chi connectivity index (χ4n) is 2.65. The lowest BCUT2D eigenvalue weighted by Gasteiger charge is -2.10. The Hall–Kier alpha value is -2.80. The second kappa shape index (κ2) is 8.26. The van der Waals surface area contributed by atoms with Crippen molar-refractivity contribution in [1.29, 1.82) is 0 Å². The van der Waals surface area contributed by atoms with Crippen molar-refractivity contribution in [3.8, 4) is 11.4 Å². The molecule has 0 aliphatic carbocycles. The van der Waals surface area contributed by atoms with Crippen LogP contribution < -0.4 is 0 Å². The first-order valence-corrected chi connectivity index (χ1v) is 9.51. The third-order valence-corrected chi connectivity index (χ3v) is 5.14. The lowest BCUT2D eigenvalue weighted by molar-refractivity contribution is 0.0827. The van der Waals surface area contributed by atoms with Crippen LogP contribution in [-0.2, 0) is 12.3 Å². The highest BCUT2D eigenvalue weighted by Gasteiger charge is 2.17. The molecule has 2 aromatic heterocycles. The van der Waals surface area contributed by atoms with Crippen molar-refractivity contribution in [1.82, 2.24) is 19.7 Å². The Kier molecular flexibility index (Phi) is 5.81. The Morgan fingerprint density at radius 3 is 2.59 bits per heavy atom. The van der Waals surface area contributed by atoms with Crippen LogP contribution in [0.15, 0.2) is 58.8 Å². The minimum atomic E-state index is 0.0000489. The number of thioether (sulfide) groups is 1. The number of hydrogen-bond donors (Lipinski definition) is 0. The summed E-state index contributed by atoms with van der Waals surface area (Å²) in [7, 11) is 3.50. The summed E-state index contributed by atoms with van der Waals surface area (Å²) in [6, 6.07) is 9.55. The fraction of sp³-hybridized carbons (Fsp3) is 0.250. The van der Waals surface area contributed by atoms with Crippen LogP contribution in [0.25, 0.3) is 11.4 Å². The van der Waals surface area contributed by atoms with Crippen LogP contribution in [-0.4, -0.2) is 39.7 Å². The van der Waals surface area contributed by atoms with E-state index in [1.54, 1.807) is 37.0 Å². The van der Waals surface area contributed by atoms with E-state index >= 15 is 0 Å². The number of allylic oxidation sites excluding steroid dienone is 1. The average molecular weight is 382 g/mol. The highest BCUT2D eigenvalue weighted by molar-refractivity contribution is 7.98. The largest absolute Gasteiger partial charge is 0.469 e. The van der Waals surface area contributed by atoms with Gasteiger partial charge in [-0.15, -0.1) is 16.8 Å². The average Bonchev–Trinajstić information content (AvgIpc) is 3.26. The fourth-order valence-corrected chi connectivity index (χ4v) is 3.56. The van der Waals surface area contributed by atoms with Gasteiger partial charge in [0.05, 0.1) is 11.8 Å². The van der Waals surface area contributed by atoms with Gasteiger partial charge in [-0.1, -0.05) is 30.0 Å². The summed E-state index contributed by atoms with van der Waals surface area (Å²) in [5, 5.41) is 9.50. The van der Waals surface area contributed by atoms with Gasteiger partial charge >= 0.3 is 0 Å². The zero-order valence-electron chi connectivity index (χ0n) is 15.7. The molecule has 0 aliphatic rings. The molecule has 0 N–H and O–H groups in total. The molecule has 0 bridgehead atoms. The minimum absolute atomic E-state index is 0.0000489. The third-order valence-electron chi connectivity index (χ3n) is 4.10. The predicted molar refractivity (Wildman–Crippen MR) is 107 cm³/mol. The number of aromatic nitrogens is 3. The molecule has 7 heteroatoms. The number of rotatable bonds is 7. The van der Waals surface area contributed by atoms with E-state index < -0.39 is 0 Å². The molecule has 0 fully saturated rings. The van der Waals surface area contributed by atoms with E-state index in [-0.39, 0.29) is 5.91 Å². The molecule has 2 heterocycles. The molecule has 6 nitrogen and oxygen atoms in total. The second-order valence-electron chi connectivity index (χ2n) is 6.28. The number of carbonyl (C=O) groups excluding carboxylic acids is 1. The maximum Gasteiger partial charge on any atom is 0.253 e. The summed E-state index contributed by atoms with van der Waals surface area (Å²) >= 11 is 1.60. The molecule has 1 aromatic carbocycles. The van der Waals surface area contributed by atoms with Crippen molar-refractivity contribution in [2.45, 2.75) is 24.4 Å². The summed E-state index contributed by atoms with van der Waals surface area (Å²) in [5.41, 5.74) is 2.73. The van der Waals surface area contributed by atoms with Crippen molar-refractivity contribution >= 4 is 17.7 Å². The Bertz CT molecular complexity index is 941. The maximum absolute atomic E-state index is 12.0. The van der Waals surface area contributed by atoms with Gasteiger partial charge in [0, 0.05) is 32.0 Å².